The topological polar surface area (TPSA) is 85.8 Å². The molecule has 0 aliphatic rings. The number of hydrogen-bond acceptors (Lipinski definition) is 5. The van der Waals surface area contributed by atoms with E-state index in [4.69, 9.17) is 5.73 Å². The zero-order valence-electron chi connectivity index (χ0n) is 13.8. The summed E-state index contributed by atoms with van der Waals surface area (Å²) in [6, 6.07) is 0.211. The summed E-state index contributed by atoms with van der Waals surface area (Å²) >= 11 is 1.42. The summed E-state index contributed by atoms with van der Waals surface area (Å²) in [5.41, 5.74) is 5.49. The molecule has 0 fully saturated rings. The maximum atomic E-state index is 12.3. The van der Waals surface area contributed by atoms with E-state index in [0.717, 1.165) is 17.4 Å². The van der Waals surface area contributed by atoms with Gasteiger partial charge < -0.3 is 15.6 Å². The van der Waals surface area contributed by atoms with Crippen LogP contribution in [-0.2, 0) is 11.3 Å². The van der Waals surface area contributed by atoms with Gasteiger partial charge in [0.05, 0.1) is 11.8 Å². The lowest BCUT2D eigenvalue weighted by Gasteiger charge is -2.26. The highest BCUT2D eigenvalue weighted by Crippen LogP contribution is 2.26. The molecule has 1 atom stereocenters. The van der Waals surface area contributed by atoms with E-state index in [1.807, 2.05) is 25.3 Å². The van der Waals surface area contributed by atoms with Gasteiger partial charge >= 0.3 is 0 Å². The van der Waals surface area contributed by atoms with Crippen LogP contribution in [0.1, 0.15) is 59.8 Å². The number of nitrogens with zero attached hydrogens (tertiary/aromatic N) is 3. The third-order valence-corrected chi connectivity index (χ3v) is 4.49. The first-order valence-electron chi connectivity index (χ1n) is 7.34. The molecular weight excluding hydrogens is 286 g/mol. The summed E-state index contributed by atoms with van der Waals surface area (Å²) in [6.07, 6.45) is 0.885. The second-order valence-electron chi connectivity index (χ2n) is 6.05. The minimum Gasteiger partial charge on any atom is -0.350 e. The smallest absolute Gasteiger partial charge is 0.233 e. The average Bonchev–Trinajstić information content (AvgIpc) is 2.81. The van der Waals surface area contributed by atoms with Crippen LogP contribution < -0.4 is 11.1 Å². The highest BCUT2D eigenvalue weighted by Gasteiger charge is 2.25. The van der Waals surface area contributed by atoms with Gasteiger partial charge in [0.1, 0.15) is 5.82 Å². The maximum absolute atomic E-state index is 12.3. The largest absolute Gasteiger partial charge is 0.350 e. The zero-order chi connectivity index (χ0) is 16.2. The first-order valence-corrected chi connectivity index (χ1v) is 8.22. The quantitative estimate of drug-likeness (QED) is 0.753. The molecular formula is C14H27N5OS. The van der Waals surface area contributed by atoms with Crippen molar-refractivity contribution >= 4 is 17.7 Å². The first-order chi connectivity index (χ1) is 9.71. The molecule has 6 nitrogen and oxygen atoms in total. The fourth-order valence-corrected chi connectivity index (χ4v) is 2.78. The van der Waals surface area contributed by atoms with E-state index in [0.29, 0.717) is 6.54 Å². The Morgan fingerprint density at radius 2 is 2.00 bits per heavy atom. The van der Waals surface area contributed by atoms with Gasteiger partial charge in [-0.2, -0.15) is 0 Å². The van der Waals surface area contributed by atoms with Crippen LogP contribution in [0.3, 0.4) is 0 Å². The molecule has 0 aliphatic carbocycles. The van der Waals surface area contributed by atoms with Crippen molar-refractivity contribution in [2.75, 3.05) is 0 Å². The van der Waals surface area contributed by atoms with Gasteiger partial charge in [-0.15, -0.1) is 10.2 Å². The lowest BCUT2D eigenvalue weighted by molar-refractivity contribution is -0.121. The monoisotopic (exact) mass is 313 g/mol. The Kier molecular flexibility index (Phi) is 6.22. The third-order valence-electron chi connectivity index (χ3n) is 3.43. The molecule has 1 rings (SSSR count). The third kappa shape index (κ3) is 4.71. The molecule has 0 saturated carbocycles. The van der Waals surface area contributed by atoms with Crippen LogP contribution in [0.4, 0.5) is 0 Å². The van der Waals surface area contributed by atoms with Crippen molar-refractivity contribution in [2.45, 2.75) is 76.5 Å². The Labute approximate surface area is 131 Å². The van der Waals surface area contributed by atoms with Gasteiger partial charge in [0.15, 0.2) is 5.16 Å². The first kappa shape index (κ1) is 18.0. The van der Waals surface area contributed by atoms with Gasteiger partial charge in [-0.1, -0.05) is 18.7 Å². The predicted octanol–water partition coefficient (Wildman–Crippen LogP) is 2.10. The molecule has 1 amide bonds. The van der Waals surface area contributed by atoms with Crippen LogP contribution in [-0.4, -0.2) is 31.5 Å². The number of carbonyl (C=O) groups excluding carboxylic acids is 1. The standard InChI is InChI=1S/C14H27N5OS/c1-7-14(5,6)16-12(20)10(4)21-13-18-17-11(8-15)19(13)9(2)3/h9-10H,7-8,15H2,1-6H3,(H,16,20). The van der Waals surface area contributed by atoms with E-state index >= 15 is 0 Å². The molecule has 0 aliphatic heterocycles. The summed E-state index contributed by atoms with van der Waals surface area (Å²) in [4.78, 5) is 12.3. The second-order valence-corrected chi connectivity index (χ2v) is 7.36. The number of nitrogens with one attached hydrogen (secondary N) is 1. The molecule has 7 heteroatoms. The molecule has 0 spiro atoms. The predicted molar refractivity (Wildman–Crippen MR) is 86.1 cm³/mol. The molecule has 3 N–H and O–H groups in total. The molecule has 1 heterocycles. The van der Waals surface area contributed by atoms with E-state index < -0.39 is 0 Å². The number of amides is 1. The summed E-state index contributed by atoms with van der Waals surface area (Å²) in [7, 11) is 0. The van der Waals surface area contributed by atoms with Gasteiger partial charge in [-0.3, -0.25) is 4.79 Å². The Morgan fingerprint density at radius 1 is 1.38 bits per heavy atom. The van der Waals surface area contributed by atoms with Gasteiger partial charge in [0, 0.05) is 11.6 Å². The normalized spacial score (nSPS) is 13.5. The van der Waals surface area contributed by atoms with Gasteiger partial charge in [-0.25, -0.2) is 0 Å². The summed E-state index contributed by atoms with van der Waals surface area (Å²) in [5, 5.41) is 11.8. The zero-order valence-corrected chi connectivity index (χ0v) is 14.6. The molecule has 0 radical (unpaired) electrons. The summed E-state index contributed by atoms with van der Waals surface area (Å²) in [5.74, 6) is 0.758. The van der Waals surface area contributed by atoms with Crippen LogP contribution >= 0.6 is 11.8 Å². The van der Waals surface area contributed by atoms with Gasteiger partial charge in [0.2, 0.25) is 5.91 Å². The maximum Gasteiger partial charge on any atom is 0.233 e. The van der Waals surface area contributed by atoms with Gasteiger partial charge in [0.25, 0.3) is 0 Å². The van der Waals surface area contributed by atoms with Crippen molar-refractivity contribution in [3.05, 3.63) is 5.82 Å². The Hall–Kier alpha value is -1.08. The average molecular weight is 313 g/mol. The van der Waals surface area contributed by atoms with E-state index in [2.05, 4.69) is 36.3 Å². The van der Waals surface area contributed by atoms with Crippen molar-refractivity contribution in [2.24, 2.45) is 5.73 Å². The number of hydrogen-bond donors (Lipinski definition) is 2. The van der Waals surface area contributed by atoms with Crippen molar-refractivity contribution < 1.29 is 4.79 Å². The Bertz CT molecular complexity index is 484. The second kappa shape index (κ2) is 7.26. The van der Waals surface area contributed by atoms with Crippen molar-refractivity contribution in [3.63, 3.8) is 0 Å². The Morgan fingerprint density at radius 3 is 2.48 bits per heavy atom. The summed E-state index contributed by atoms with van der Waals surface area (Å²) in [6.45, 7) is 12.4. The number of nitrogens with two attached hydrogens (primary N) is 1. The number of aromatic nitrogens is 3. The van der Waals surface area contributed by atoms with Crippen LogP contribution in [0.15, 0.2) is 5.16 Å². The highest BCUT2D eigenvalue weighted by molar-refractivity contribution is 8.00. The van der Waals surface area contributed by atoms with Gasteiger partial charge in [-0.05, 0) is 41.0 Å². The minimum atomic E-state index is -0.233. The molecule has 0 aromatic carbocycles. The van der Waals surface area contributed by atoms with Crippen molar-refractivity contribution in [1.29, 1.82) is 0 Å². The summed E-state index contributed by atoms with van der Waals surface area (Å²) < 4.78 is 1.99. The molecule has 0 saturated heterocycles. The van der Waals surface area contributed by atoms with Crippen LogP contribution in [0.25, 0.3) is 0 Å². The molecule has 120 valence electrons. The lowest BCUT2D eigenvalue weighted by Crippen LogP contribution is -2.46. The number of rotatable bonds is 7. The van der Waals surface area contributed by atoms with Crippen LogP contribution in [0.2, 0.25) is 0 Å². The fourth-order valence-electron chi connectivity index (χ4n) is 1.78. The van der Waals surface area contributed by atoms with Crippen molar-refractivity contribution in [3.8, 4) is 0 Å². The molecule has 1 aromatic rings. The van der Waals surface area contributed by atoms with Crippen molar-refractivity contribution in [1.82, 2.24) is 20.1 Å². The van der Waals surface area contributed by atoms with E-state index in [9.17, 15) is 4.79 Å². The van der Waals surface area contributed by atoms with Crippen LogP contribution in [0, 0.1) is 0 Å². The van der Waals surface area contributed by atoms with E-state index in [-0.39, 0.29) is 22.7 Å². The Balaban J connectivity index is 2.82. The SMILES string of the molecule is CCC(C)(C)NC(=O)C(C)Sc1nnc(CN)n1C(C)C. The van der Waals surface area contributed by atoms with E-state index in [1.54, 1.807) is 0 Å². The molecule has 0 bridgehead atoms. The van der Waals surface area contributed by atoms with Crippen LogP contribution in [0.5, 0.6) is 0 Å². The minimum absolute atomic E-state index is 0.0134. The highest BCUT2D eigenvalue weighted by atomic mass is 32.2. The number of thioether (sulfide) groups is 1. The molecule has 1 aromatic heterocycles. The van der Waals surface area contributed by atoms with E-state index in [1.165, 1.54) is 11.8 Å². The molecule has 1 unspecified atom stereocenters. The molecule has 21 heavy (non-hydrogen) atoms. The number of carbonyl (C=O) groups is 1. The lowest BCUT2D eigenvalue weighted by atomic mass is 10.0. The fraction of sp³-hybridized carbons (Fsp3) is 0.786.